The standard InChI is InChI=1S/C30H30F7NO5S/c1-26(13-11-18(12-14-26)24(39)40)25(41)38-16-15-27(44(42,43)21-5-3-2-4-6-21)22-9-8-20(17-19(22)7-10-23(27)38)28(31,29(32,33)34)30(35,36)37/h2-6,8-9,17-18,23H,7,10-16H2,1H3,(H,39,40)/t18?,23-,26?,27-/m1/s1. The minimum absolute atomic E-state index is 0.0626. The maximum absolute atomic E-state index is 15.0. The van der Waals surface area contributed by atoms with E-state index in [9.17, 15) is 49.5 Å². The highest BCUT2D eigenvalue weighted by Gasteiger charge is 2.74. The fourth-order valence-corrected chi connectivity index (χ4v) is 9.73. The van der Waals surface area contributed by atoms with Crippen molar-refractivity contribution in [3.8, 4) is 0 Å². The molecule has 1 aliphatic heterocycles. The number of benzene rings is 2. The van der Waals surface area contributed by atoms with Gasteiger partial charge in [0.05, 0.1) is 16.9 Å². The van der Waals surface area contributed by atoms with Gasteiger partial charge in [0, 0.05) is 17.5 Å². The Morgan fingerprint density at radius 2 is 1.48 bits per heavy atom. The number of amides is 1. The van der Waals surface area contributed by atoms with Gasteiger partial charge in [-0.3, -0.25) is 9.59 Å². The van der Waals surface area contributed by atoms with Crippen molar-refractivity contribution >= 4 is 21.7 Å². The third-order valence-electron chi connectivity index (χ3n) is 9.81. The van der Waals surface area contributed by atoms with Gasteiger partial charge in [-0.15, -0.1) is 0 Å². The molecule has 240 valence electrons. The van der Waals surface area contributed by atoms with Crippen LogP contribution in [-0.2, 0) is 36.3 Å². The van der Waals surface area contributed by atoms with E-state index < -0.39 is 61.5 Å². The predicted molar refractivity (Wildman–Crippen MR) is 143 cm³/mol. The number of halogens is 7. The van der Waals surface area contributed by atoms with Crippen LogP contribution < -0.4 is 0 Å². The summed E-state index contributed by atoms with van der Waals surface area (Å²) in [5.41, 5.74) is -8.61. The summed E-state index contributed by atoms with van der Waals surface area (Å²) in [6.45, 7) is 1.63. The van der Waals surface area contributed by atoms with E-state index in [1.54, 1.807) is 13.0 Å². The molecule has 0 radical (unpaired) electrons. The average Bonchev–Trinajstić information content (AvgIpc) is 3.37. The van der Waals surface area contributed by atoms with Crippen LogP contribution in [0.25, 0.3) is 0 Å². The van der Waals surface area contributed by atoms with Crippen LogP contribution in [0.15, 0.2) is 53.4 Å². The van der Waals surface area contributed by atoms with Crippen molar-refractivity contribution in [1.82, 2.24) is 4.90 Å². The molecule has 14 heteroatoms. The van der Waals surface area contributed by atoms with Crippen molar-refractivity contribution in [1.29, 1.82) is 0 Å². The molecule has 2 aromatic rings. The quantitative estimate of drug-likeness (QED) is 0.375. The molecule has 0 unspecified atom stereocenters. The van der Waals surface area contributed by atoms with Gasteiger partial charge in [-0.05, 0) is 68.2 Å². The molecule has 1 amide bonds. The summed E-state index contributed by atoms with van der Waals surface area (Å²) in [4.78, 5) is 26.8. The number of carboxylic acids is 1. The highest BCUT2D eigenvalue weighted by Crippen LogP contribution is 2.57. The molecule has 0 aromatic heterocycles. The van der Waals surface area contributed by atoms with E-state index >= 15 is 4.39 Å². The van der Waals surface area contributed by atoms with Gasteiger partial charge >= 0.3 is 24.0 Å². The SMILES string of the molecule is CC1(C(=O)N2CC[C@@]3(S(=O)(=O)c4ccccc4)c4ccc(C(F)(C(F)(F)F)C(F)(F)F)cc4CC[C@@H]23)CCC(C(=O)O)CC1. The van der Waals surface area contributed by atoms with Crippen molar-refractivity contribution in [2.75, 3.05) is 6.54 Å². The fourth-order valence-electron chi connectivity index (χ4n) is 7.35. The number of carboxylic acid groups (broad SMARTS) is 1. The maximum atomic E-state index is 15.0. The van der Waals surface area contributed by atoms with E-state index in [0.29, 0.717) is 12.1 Å². The number of carbonyl (C=O) groups excluding carboxylic acids is 1. The predicted octanol–water partition coefficient (Wildman–Crippen LogP) is 6.47. The number of likely N-dealkylation sites (tertiary alicyclic amines) is 1. The third kappa shape index (κ3) is 4.61. The zero-order chi connectivity index (χ0) is 32.5. The van der Waals surface area contributed by atoms with Gasteiger partial charge < -0.3 is 10.0 Å². The lowest BCUT2D eigenvalue weighted by atomic mass is 9.70. The molecule has 1 heterocycles. The van der Waals surface area contributed by atoms with E-state index in [-0.39, 0.29) is 73.4 Å². The number of carbonyl (C=O) groups is 2. The Morgan fingerprint density at radius 1 is 0.886 bits per heavy atom. The zero-order valence-corrected chi connectivity index (χ0v) is 24.3. The Hall–Kier alpha value is -3.16. The Balaban J connectivity index is 1.63. The number of aliphatic carboxylic acids is 1. The number of alkyl halides is 7. The smallest absolute Gasteiger partial charge is 0.435 e. The summed E-state index contributed by atoms with van der Waals surface area (Å²) in [5, 5.41) is 9.39. The number of hydrogen-bond donors (Lipinski definition) is 1. The molecular weight excluding hydrogens is 619 g/mol. The Bertz CT molecular complexity index is 1550. The second-order valence-corrected chi connectivity index (χ2v) is 14.4. The van der Waals surface area contributed by atoms with Crippen molar-refractivity contribution in [2.45, 2.75) is 85.6 Å². The van der Waals surface area contributed by atoms with Crippen LogP contribution in [0.2, 0.25) is 0 Å². The summed E-state index contributed by atoms with van der Waals surface area (Å²) < 4.78 is 123. The second kappa shape index (κ2) is 10.4. The normalized spacial score (nSPS) is 27.9. The lowest BCUT2D eigenvalue weighted by molar-refractivity contribution is -0.348. The van der Waals surface area contributed by atoms with E-state index in [2.05, 4.69) is 0 Å². The topological polar surface area (TPSA) is 91.8 Å². The van der Waals surface area contributed by atoms with Crippen LogP contribution in [0.1, 0.15) is 62.1 Å². The van der Waals surface area contributed by atoms with Crippen molar-refractivity contribution in [3.05, 3.63) is 65.2 Å². The molecule has 1 saturated heterocycles. The Kier molecular flexibility index (Phi) is 7.66. The number of sulfone groups is 1. The molecule has 1 N–H and O–H groups in total. The average molecular weight is 650 g/mol. The number of nitrogens with zero attached hydrogens (tertiary/aromatic N) is 1. The van der Waals surface area contributed by atoms with Crippen LogP contribution in [0.5, 0.6) is 0 Å². The Morgan fingerprint density at radius 3 is 2.02 bits per heavy atom. The van der Waals surface area contributed by atoms with Crippen molar-refractivity contribution < 1.29 is 53.8 Å². The summed E-state index contributed by atoms with van der Waals surface area (Å²) in [6, 6.07) is 7.75. The van der Waals surface area contributed by atoms with Gasteiger partial charge in [0.15, 0.2) is 9.84 Å². The molecule has 0 spiro atoms. The molecule has 2 atom stereocenters. The number of hydrogen-bond acceptors (Lipinski definition) is 4. The van der Waals surface area contributed by atoms with Gasteiger partial charge in [-0.1, -0.05) is 43.3 Å². The fraction of sp³-hybridized carbons (Fsp3) is 0.533. The second-order valence-electron chi connectivity index (χ2n) is 12.2. The van der Waals surface area contributed by atoms with Crippen LogP contribution >= 0.6 is 0 Å². The molecule has 44 heavy (non-hydrogen) atoms. The largest absolute Gasteiger partial charge is 0.481 e. The molecule has 2 fully saturated rings. The van der Waals surface area contributed by atoms with E-state index in [4.69, 9.17) is 0 Å². The number of aryl methyl sites for hydroxylation is 1. The third-order valence-corrected chi connectivity index (χ3v) is 12.4. The highest BCUT2D eigenvalue weighted by atomic mass is 32.2. The van der Waals surface area contributed by atoms with Crippen LogP contribution in [0, 0.1) is 11.3 Å². The molecule has 1 saturated carbocycles. The van der Waals surface area contributed by atoms with Gasteiger partial charge in [0.25, 0.3) is 0 Å². The van der Waals surface area contributed by atoms with Gasteiger partial charge in [0.1, 0.15) is 4.75 Å². The Labute approximate surface area is 249 Å². The van der Waals surface area contributed by atoms with E-state index in [0.717, 1.165) is 6.07 Å². The minimum Gasteiger partial charge on any atom is -0.481 e. The lowest BCUT2D eigenvalue weighted by Gasteiger charge is -2.45. The monoisotopic (exact) mass is 649 g/mol. The van der Waals surface area contributed by atoms with Gasteiger partial charge in [0.2, 0.25) is 5.91 Å². The summed E-state index contributed by atoms with van der Waals surface area (Å²) in [6.07, 6.45) is -12.2. The first-order valence-electron chi connectivity index (χ1n) is 14.1. The van der Waals surface area contributed by atoms with Gasteiger partial charge in [-0.25, -0.2) is 12.8 Å². The summed E-state index contributed by atoms with van der Waals surface area (Å²) >= 11 is 0. The van der Waals surface area contributed by atoms with E-state index in [1.165, 1.54) is 29.2 Å². The van der Waals surface area contributed by atoms with Crippen LogP contribution in [0.4, 0.5) is 30.7 Å². The first kappa shape index (κ1) is 32.2. The first-order chi connectivity index (χ1) is 20.3. The highest BCUT2D eigenvalue weighted by molar-refractivity contribution is 7.92. The zero-order valence-electron chi connectivity index (χ0n) is 23.5. The molecule has 6 nitrogen and oxygen atoms in total. The maximum Gasteiger partial charge on any atom is 0.435 e. The van der Waals surface area contributed by atoms with Crippen molar-refractivity contribution in [3.63, 3.8) is 0 Å². The van der Waals surface area contributed by atoms with Gasteiger partial charge in [-0.2, -0.15) is 26.3 Å². The summed E-state index contributed by atoms with van der Waals surface area (Å²) in [7, 11) is -4.43. The molecule has 3 aliphatic rings. The molecule has 0 bridgehead atoms. The lowest BCUT2D eigenvalue weighted by Crippen LogP contribution is -2.55. The summed E-state index contributed by atoms with van der Waals surface area (Å²) in [5.74, 6) is -1.96. The minimum atomic E-state index is -6.34. The number of fused-ring (bicyclic) bond motifs is 3. The molecule has 5 rings (SSSR count). The van der Waals surface area contributed by atoms with Crippen LogP contribution in [-0.4, -0.2) is 55.2 Å². The first-order valence-corrected chi connectivity index (χ1v) is 15.6. The molecular formula is C30H30F7NO5S. The molecule has 2 aromatic carbocycles. The van der Waals surface area contributed by atoms with Crippen molar-refractivity contribution in [2.24, 2.45) is 11.3 Å². The number of rotatable bonds is 5. The molecule has 2 aliphatic carbocycles. The van der Waals surface area contributed by atoms with E-state index in [1.807, 2.05) is 0 Å². The van der Waals surface area contributed by atoms with Crippen LogP contribution in [0.3, 0.4) is 0 Å².